The van der Waals surface area contributed by atoms with Gasteiger partial charge in [-0.3, -0.25) is 0 Å². The van der Waals surface area contributed by atoms with E-state index in [4.69, 9.17) is 17.3 Å². The molecule has 0 spiro atoms. The number of nitrogens with zero attached hydrogens (tertiary/aromatic N) is 2. The van der Waals surface area contributed by atoms with Crippen molar-refractivity contribution in [2.75, 3.05) is 17.6 Å². The van der Waals surface area contributed by atoms with Gasteiger partial charge in [0.15, 0.2) is 5.15 Å². The highest BCUT2D eigenvalue weighted by Crippen LogP contribution is 2.27. The summed E-state index contributed by atoms with van der Waals surface area (Å²) >= 11 is 9.25. The normalized spacial score (nSPS) is 10.5. The molecule has 0 amide bonds. The van der Waals surface area contributed by atoms with Crippen LogP contribution >= 0.6 is 27.5 Å². The van der Waals surface area contributed by atoms with Crippen LogP contribution in [0.1, 0.15) is 11.1 Å². The van der Waals surface area contributed by atoms with Crippen LogP contribution in [0.2, 0.25) is 5.15 Å². The van der Waals surface area contributed by atoms with Gasteiger partial charge < -0.3 is 11.1 Å². The highest BCUT2D eigenvalue weighted by molar-refractivity contribution is 9.10. The minimum Gasteiger partial charge on any atom is -0.369 e. The molecule has 0 unspecified atom stereocenters. The van der Waals surface area contributed by atoms with Gasteiger partial charge in [0.05, 0.1) is 4.47 Å². The predicted molar refractivity (Wildman–Crippen MR) is 82.5 cm³/mol. The standard InChI is InChI=1S/C13H14BrClN4/c1-8-2-4-9(5-3-8)6-7-17-12-10(14)11(15)18-13(16)19-12/h2-5H,6-7H2,1H3,(H3,16,17,18,19). The fourth-order valence-corrected chi connectivity index (χ4v) is 2.13. The van der Waals surface area contributed by atoms with E-state index in [1.807, 2.05) is 0 Å². The van der Waals surface area contributed by atoms with Crippen molar-refractivity contribution in [3.8, 4) is 0 Å². The van der Waals surface area contributed by atoms with E-state index >= 15 is 0 Å². The number of hydrogen-bond acceptors (Lipinski definition) is 4. The first-order valence-electron chi connectivity index (χ1n) is 5.84. The molecule has 0 aliphatic rings. The van der Waals surface area contributed by atoms with E-state index in [0.29, 0.717) is 15.4 Å². The van der Waals surface area contributed by atoms with E-state index < -0.39 is 0 Å². The molecule has 0 aliphatic heterocycles. The highest BCUT2D eigenvalue weighted by atomic mass is 79.9. The lowest BCUT2D eigenvalue weighted by molar-refractivity contribution is 0.997. The van der Waals surface area contributed by atoms with Crippen molar-refractivity contribution in [2.24, 2.45) is 0 Å². The van der Waals surface area contributed by atoms with Crippen molar-refractivity contribution in [3.05, 3.63) is 45.0 Å². The zero-order valence-electron chi connectivity index (χ0n) is 10.5. The summed E-state index contributed by atoms with van der Waals surface area (Å²) in [5, 5.41) is 3.51. The molecule has 1 heterocycles. The summed E-state index contributed by atoms with van der Waals surface area (Å²) in [7, 11) is 0. The van der Waals surface area contributed by atoms with Gasteiger partial charge in [0.2, 0.25) is 5.95 Å². The topological polar surface area (TPSA) is 63.8 Å². The third-order valence-electron chi connectivity index (χ3n) is 2.65. The van der Waals surface area contributed by atoms with Crippen molar-refractivity contribution in [2.45, 2.75) is 13.3 Å². The first kappa shape index (κ1) is 14.1. The lowest BCUT2D eigenvalue weighted by Gasteiger charge is -2.09. The van der Waals surface area contributed by atoms with Gasteiger partial charge in [-0.1, -0.05) is 41.4 Å². The van der Waals surface area contributed by atoms with E-state index in [-0.39, 0.29) is 5.95 Å². The molecule has 2 rings (SSSR count). The molecular weight excluding hydrogens is 328 g/mol. The minimum atomic E-state index is 0.158. The van der Waals surface area contributed by atoms with Gasteiger partial charge in [0.1, 0.15) is 5.82 Å². The molecule has 0 fully saturated rings. The van der Waals surface area contributed by atoms with Gasteiger partial charge in [-0.25, -0.2) is 0 Å². The smallest absolute Gasteiger partial charge is 0.223 e. The maximum absolute atomic E-state index is 5.91. The molecule has 3 N–H and O–H groups in total. The number of hydrogen-bond donors (Lipinski definition) is 2. The second kappa shape index (κ2) is 6.21. The molecule has 0 saturated carbocycles. The zero-order valence-corrected chi connectivity index (χ0v) is 12.8. The van der Waals surface area contributed by atoms with E-state index in [0.717, 1.165) is 13.0 Å². The molecule has 1 aromatic carbocycles. The number of nitrogens with two attached hydrogens (primary N) is 1. The quantitative estimate of drug-likeness (QED) is 0.836. The number of aryl methyl sites for hydroxylation is 1. The Labute approximate surface area is 125 Å². The average Bonchev–Trinajstić information content (AvgIpc) is 2.37. The molecule has 4 nitrogen and oxygen atoms in total. The largest absolute Gasteiger partial charge is 0.369 e. The maximum atomic E-state index is 5.91. The Balaban J connectivity index is 1.98. The number of benzene rings is 1. The van der Waals surface area contributed by atoms with E-state index in [1.165, 1.54) is 11.1 Å². The van der Waals surface area contributed by atoms with Crippen LogP contribution < -0.4 is 11.1 Å². The molecular formula is C13H14BrClN4. The Bertz CT molecular complexity index is 572. The third-order valence-corrected chi connectivity index (χ3v) is 3.91. The molecule has 0 atom stereocenters. The molecule has 19 heavy (non-hydrogen) atoms. The lowest BCUT2D eigenvalue weighted by atomic mass is 10.1. The summed E-state index contributed by atoms with van der Waals surface area (Å²) in [6, 6.07) is 8.44. The van der Waals surface area contributed by atoms with E-state index in [2.05, 4.69) is 62.4 Å². The van der Waals surface area contributed by atoms with Crippen LogP contribution in [-0.2, 0) is 6.42 Å². The lowest BCUT2D eigenvalue weighted by Crippen LogP contribution is -2.09. The molecule has 2 aromatic rings. The molecule has 0 saturated heterocycles. The molecule has 0 aliphatic carbocycles. The summed E-state index contributed by atoms with van der Waals surface area (Å²) in [4.78, 5) is 7.96. The monoisotopic (exact) mass is 340 g/mol. The molecule has 1 aromatic heterocycles. The summed E-state index contributed by atoms with van der Waals surface area (Å²) in [5.41, 5.74) is 8.09. The van der Waals surface area contributed by atoms with Crippen LogP contribution in [0.25, 0.3) is 0 Å². The second-order valence-corrected chi connectivity index (χ2v) is 5.35. The van der Waals surface area contributed by atoms with Crippen LogP contribution in [-0.4, -0.2) is 16.5 Å². The van der Waals surface area contributed by atoms with Gasteiger partial charge in [-0.2, -0.15) is 9.97 Å². The highest BCUT2D eigenvalue weighted by Gasteiger charge is 2.08. The van der Waals surface area contributed by atoms with Crippen LogP contribution in [0.5, 0.6) is 0 Å². The summed E-state index contributed by atoms with van der Waals surface area (Å²) < 4.78 is 0.632. The Morgan fingerprint density at radius 1 is 1.26 bits per heavy atom. The second-order valence-electron chi connectivity index (χ2n) is 4.20. The number of nitrogens with one attached hydrogen (secondary N) is 1. The Hall–Kier alpha value is -1.33. The van der Waals surface area contributed by atoms with Gasteiger partial charge in [-0.05, 0) is 34.8 Å². The Kier molecular flexibility index (Phi) is 4.61. The van der Waals surface area contributed by atoms with Crippen LogP contribution in [0.3, 0.4) is 0 Å². The van der Waals surface area contributed by atoms with E-state index in [1.54, 1.807) is 0 Å². The summed E-state index contributed by atoms with van der Waals surface area (Å²) in [6.45, 7) is 2.82. The zero-order chi connectivity index (χ0) is 13.8. The van der Waals surface area contributed by atoms with Crippen molar-refractivity contribution in [1.82, 2.24) is 9.97 Å². The van der Waals surface area contributed by atoms with Crippen molar-refractivity contribution in [3.63, 3.8) is 0 Å². The fourth-order valence-electron chi connectivity index (χ4n) is 1.63. The number of aromatic nitrogens is 2. The van der Waals surface area contributed by atoms with Gasteiger partial charge in [0.25, 0.3) is 0 Å². The molecule has 0 radical (unpaired) electrons. The average molecular weight is 342 g/mol. The van der Waals surface area contributed by atoms with Crippen LogP contribution in [0.4, 0.5) is 11.8 Å². The van der Waals surface area contributed by atoms with Crippen molar-refractivity contribution < 1.29 is 0 Å². The molecule has 6 heteroatoms. The number of rotatable bonds is 4. The number of halogens is 2. The predicted octanol–water partition coefficient (Wildman–Crippen LogP) is 3.44. The van der Waals surface area contributed by atoms with E-state index in [9.17, 15) is 0 Å². The van der Waals surface area contributed by atoms with Crippen molar-refractivity contribution in [1.29, 1.82) is 0 Å². The first-order chi connectivity index (χ1) is 9.06. The number of anilines is 2. The first-order valence-corrected chi connectivity index (χ1v) is 7.01. The van der Waals surface area contributed by atoms with Gasteiger partial charge in [0, 0.05) is 6.54 Å². The summed E-state index contributed by atoms with van der Waals surface area (Å²) in [5.74, 6) is 0.774. The third kappa shape index (κ3) is 3.81. The Morgan fingerprint density at radius 2 is 1.95 bits per heavy atom. The van der Waals surface area contributed by atoms with Crippen LogP contribution in [0.15, 0.2) is 28.7 Å². The maximum Gasteiger partial charge on any atom is 0.223 e. The number of nitrogen functional groups attached to an aromatic ring is 1. The van der Waals surface area contributed by atoms with Gasteiger partial charge >= 0.3 is 0 Å². The fraction of sp³-hybridized carbons (Fsp3) is 0.231. The molecule has 0 bridgehead atoms. The van der Waals surface area contributed by atoms with Crippen molar-refractivity contribution >= 4 is 39.3 Å². The van der Waals surface area contributed by atoms with Crippen LogP contribution in [0, 0.1) is 6.92 Å². The molecule has 100 valence electrons. The SMILES string of the molecule is Cc1ccc(CCNc2nc(N)nc(Cl)c2Br)cc1. The Morgan fingerprint density at radius 3 is 2.63 bits per heavy atom. The minimum absolute atomic E-state index is 0.158. The summed E-state index contributed by atoms with van der Waals surface area (Å²) in [6.07, 6.45) is 0.897. The van der Waals surface area contributed by atoms with Gasteiger partial charge in [-0.15, -0.1) is 0 Å².